The van der Waals surface area contributed by atoms with E-state index in [9.17, 15) is 4.79 Å². The van der Waals surface area contributed by atoms with E-state index in [1.165, 1.54) is 12.8 Å². The lowest BCUT2D eigenvalue weighted by atomic mass is 9.98. The van der Waals surface area contributed by atoms with Crippen molar-refractivity contribution in [3.8, 4) is 11.5 Å². The van der Waals surface area contributed by atoms with Crippen LogP contribution in [0.5, 0.6) is 11.5 Å². The Bertz CT molecular complexity index is 657. The molecule has 0 saturated carbocycles. The van der Waals surface area contributed by atoms with Crippen molar-refractivity contribution < 1.29 is 14.3 Å². The van der Waals surface area contributed by atoms with Gasteiger partial charge in [-0.25, -0.2) is 0 Å². The van der Waals surface area contributed by atoms with E-state index in [4.69, 9.17) is 21.1 Å². The summed E-state index contributed by atoms with van der Waals surface area (Å²) < 4.78 is 11.2. The first-order valence-corrected chi connectivity index (χ1v) is 9.80. The molecule has 1 aromatic carbocycles. The van der Waals surface area contributed by atoms with Gasteiger partial charge < -0.3 is 19.7 Å². The molecule has 2 fully saturated rings. The van der Waals surface area contributed by atoms with Crippen molar-refractivity contribution in [3.63, 3.8) is 0 Å². The van der Waals surface area contributed by atoms with Crippen LogP contribution in [0.15, 0.2) is 12.1 Å². The van der Waals surface area contributed by atoms with Gasteiger partial charge in [-0.05, 0) is 43.7 Å². The Labute approximate surface area is 173 Å². The lowest BCUT2D eigenvalue weighted by molar-refractivity contribution is 0.0681. The van der Waals surface area contributed by atoms with Crippen LogP contribution in [0.4, 0.5) is 0 Å². The molecule has 2 atom stereocenters. The zero-order valence-corrected chi connectivity index (χ0v) is 18.0. The number of benzene rings is 1. The monoisotopic (exact) mass is 416 g/mol. The number of nitrogens with zero attached hydrogens (tertiary/aromatic N) is 1. The molecule has 2 aliphatic rings. The average Bonchev–Trinajstić information content (AvgIpc) is 2.96. The molecule has 2 saturated heterocycles. The molecule has 3 rings (SSSR count). The van der Waals surface area contributed by atoms with Gasteiger partial charge >= 0.3 is 0 Å². The lowest BCUT2D eigenvalue weighted by Gasteiger charge is -2.35. The van der Waals surface area contributed by atoms with Crippen LogP contribution in [0.25, 0.3) is 0 Å². The third kappa shape index (κ3) is 5.01. The number of carbonyl (C=O) groups excluding carboxylic acids is 1. The Kier molecular flexibility index (Phi) is 7.66. The van der Waals surface area contributed by atoms with Gasteiger partial charge in [0.15, 0.2) is 11.5 Å². The number of amides is 1. The number of hydrogen-bond donors (Lipinski definition) is 1. The first-order chi connectivity index (χ1) is 12.4. The Morgan fingerprint density at radius 3 is 2.48 bits per heavy atom. The molecule has 0 aromatic heterocycles. The zero-order chi connectivity index (χ0) is 18.8. The molecule has 2 heterocycles. The average molecular weight is 417 g/mol. The van der Waals surface area contributed by atoms with Crippen molar-refractivity contribution in [3.05, 3.63) is 22.7 Å². The van der Waals surface area contributed by atoms with Gasteiger partial charge in [-0.15, -0.1) is 12.4 Å². The SMILES string of the molecule is COc1cc(C(=O)N(C)C2CC3CCC(C2)N3)cc(Cl)c1OCC(C)C.Cl. The number of carbonyl (C=O) groups is 1. The maximum atomic E-state index is 13.0. The first-order valence-electron chi connectivity index (χ1n) is 9.42. The van der Waals surface area contributed by atoms with Crippen LogP contribution in [0.1, 0.15) is 49.9 Å². The molecule has 2 bridgehead atoms. The fourth-order valence-corrected chi connectivity index (χ4v) is 4.21. The molecule has 1 N–H and O–H groups in total. The largest absolute Gasteiger partial charge is 0.493 e. The molecule has 1 aromatic rings. The van der Waals surface area contributed by atoms with E-state index in [1.54, 1.807) is 19.2 Å². The smallest absolute Gasteiger partial charge is 0.254 e. The van der Waals surface area contributed by atoms with Gasteiger partial charge in [0.1, 0.15) is 0 Å². The molecule has 5 nitrogen and oxygen atoms in total. The Balaban J connectivity index is 0.00000261. The molecule has 0 aliphatic carbocycles. The van der Waals surface area contributed by atoms with E-state index < -0.39 is 0 Å². The number of fused-ring (bicyclic) bond motifs is 2. The Hall–Kier alpha value is -1.17. The van der Waals surface area contributed by atoms with E-state index >= 15 is 0 Å². The topological polar surface area (TPSA) is 50.8 Å². The predicted molar refractivity (Wildman–Crippen MR) is 111 cm³/mol. The normalized spacial score (nSPS) is 23.7. The number of nitrogens with one attached hydrogen (secondary N) is 1. The van der Waals surface area contributed by atoms with Gasteiger partial charge in [0.05, 0.1) is 18.7 Å². The number of halogens is 2. The van der Waals surface area contributed by atoms with Gasteiger partial charge in [-0.3, -0.25) is 4.79 Å². The van der Waals surface area contributed by atoms with E-state index in [0.717, 1.165) is 12.8 Å². The standard InChI is InChI=1S/C20H29ClN2O3.ClH/c1-12(2)11-26-19-17(21)7-13(8-18(19)25-4)20(24)23(3)16-9-14-5-6-15(10-16)22-14;/h7-8,12,14-16,22H,5-6,9-11H2,1-4H3;1H. The van der Waals surface area contributed by atoms with Crippen molar-refractivity contribution in [1.29, 1.82) is 0 Å². The fraction of sp³-hybridized carbons (Fsp3) is 0.650. The number of methoxy groups -OCH3 is 1. The molecule has 7 heteroatoms. The summed E-state index contributed by atoms with van der Waals surface area (Å²) in [7, 11) is 3.46. The van der Waals surface area contributed by atoms with Crippen molar-refractivity contribution >= 4 is 29.9 Å². The highest BCUT2D eigenvalue weighted by Gasteiger charge is 2.36. The van der Waals surface area contributed by atoms with Crippen LogP contribution < -0.4 is 14.8 Å². The third-order valence-corrected chi connectivity index (χ3v) is 5.63. The summed E-state index contributed by atoms with van der Waals surface area (Å²) in [5, 5.41) is 4.03. The van der Waals surface area contributed by atoms with Crippen molar-refractivity contribution in [1.82, 2.24) is 10.2 Å². The highest BCUT2D eigenvalue weighted by molar-refractivity contribution is 6.32. The van der Waals surface area contributed by atoms with Gasteiger partial charge in [0.2, 0.25) is 0 Å². The second-order valence-electron chi connectivity index (χ2n) is 7.87. The minimum Gasteiger partial charge on any atom is -0.493 e. The Morgan fingerprint density at radius 1 is 1.30 bits per heavy atom. The quantitative estimate of drug-likeness (QED) is 0.755. The summed E-state index contributed by atoms with van der Waals surface area (Å²) in [6.07, 6.45) is 4.45. The molecule has 2 unspecified atom stereocenters. The molecular formula is C20H30Cl2N2O3. The molecular weight excluding hydrogens is 387 g/mol. The van der Waals surface area contributed by atoms with E-state index in [2.05, 4.69) is 19.2 Å². The zero-order valence-electron chi connectivity index (χ0n) is 16.5. The third-order valence-electron chi connectivity index (χ3n) is 5.35. The van der Waals surface area contributed by atoms with Crippen molar-refractivity contribution in [2.75, 3.05) is 20.8 Å². The lowest BCUT2D eigenvalue weighted by Crippen LogP contribution is -2.48. The summed E-state index contributed by atoms with van der Waals surface area (Å²) in [6, 6.07) is 4.77. The molecule has 152 valence electrons. The number of piperidine rings is 1. The fourth-order valence-electron chi connectivity index (χ4n) is 3.95. The van der Waals surface area contributed by atoms with Crippen LogP contribution in [0.3, 0.4) is 0 Å². The number of rotatable bonds is 6. The van der Waals surface area contributed by atoms with Crippen LogP contribution in [-0.4, -0.2) is 49.7 Å². The van der Waals surface area contributed by atoms with Crippen LogP contribution >= 0.6 is 24.0 Å². The highest BCUT2D eigenvalue weighted by atomic mass is 35.5. The maximum Gasteiger partial charge on any atom is 0.254 e. The molecule has 0 radical (unpaired) electrons. The highest BCUT2D eigenvalue weighted by Crippen LogP contribution is 2.37. The summed E-state index contributed by atoms with van der Waals surface area (Å²) in [5.74, 6) is 1.35. The van der Waals surface area contributed by atoms with Crippen molar-refractivity contribution in [2.24, 2.45) is 5.92 Å². The summed E-state index contributed by atoms with van der Waals surface area (Å²) in [5.41, 5.74) is 0.539. The maximum absolute atomic E-state index is 13.0. The Morgan fingerprint density at radius 2 is 1.93 bits per heavy atom. The van der Waals surface area contributed by atoms with Gasteiger partial charge in [0, 0.05) is 30.7 Å². The summed E-state index contributed by atoms with van der Waals surface area (Å²) >= 11 is 6.40. The summed E-state index contributed by atoms with van der Waals surface area (Å²) in [6.45, 7) is 4.68. The van der Waals surface area contributed by atoms with E-state index in [1.807, 2.05) is 11.9 Å². The molecule has 27 heavy (non-hydrogen) atoms. The van der Waals surface area contributed by atoms with Crippen LogP contribution in [-0.2, 0) is 0 Å². The minimum atomic E-state index is -0.0214. The van der Waals surface area contributed by atoms with Crippen LogP contribution in [0, 0.1) is 5.92 Å². The summed E-state index contributed by atoms with van der Waals surface area (Å²) in [4.78, 5) is 14.9. The number of hydrogen-bond acceptors (Lipinski definition) is 4. The van der Waals surface area contributed by atoms with Gasteiger partial charge in [-0.2, -0.15) is 0 Å². The predicted octanol–water partition coefficient (Wildman–Crippen LogP) is 4.16. The molecule has 2 aliphatic heterocycles. The van der Waals surface area contributed by atoms with Crippen molar-refractivity contribution in [2.45, 2.75) is 57.7 Å². The van der Waals surface area contributed by atoms with Gasteiger partial charge in [0.25, 0.3) is 5.91 Å². The van der Waals surface area contributed by atoms with E-state index in [0.29, 0.717) is 46.7 Å². The number of ether oxygens (including phenoxy) is 2. The van der Waals surface area contributed by atoms with Gasteiger partial charge in [-0.1, -0.05) is 25.4 Å². The molecule has 1 amide bonds. The second-order valence-corrected chi connectivity index (χ2v) is 8.28. The molecule has 0 spiro atoms. The van der Waals surface area contributed by atoms with Crippen LogP contribution in [0.2, 0.25) is 5.02 Å². The van der Waals surface area contributed by atoms with E-state index in [-0.39, 0.29) is 24.4 Å². The minimum absolute atomic E-state index is 0. The second kappa shape index (κ2) is 9.35. The first kappa shape index (κ1) is 22.1.